The summed E-state index contributed by atoms with van der Waals surface area (Å²) < 4.78 is 31.4. The van der Waals surface area contributed by atoms with Gasteiger partial charge in [-0.15, -0.1) is 0 Å². The molecule has 0 aromatic heterocycles. The molecule has 13 heteroatoms. The van der Waals surface area contributed by atoms with Crippen molar-refractivity contribution >= 4 is 5.97 Å². The van der Waals surface area contributed by atoms with Crippen molar-refractivity contribution in [2.24, 2.45) is 23.7 Å². The monoisotopic (exact) mass is 718 g/mol. The van der Waals surface area contributed by atoms with Gasteiger partial charge in [0.15, 0.2) is 6.29 Å². The van der Waals surface area contributed by atoms with E-state index in [1.165, 1.54) is 14.0 Å². The lowest BCUT2D eigenvalue weighted by Crippen LogP contribution is -2.61. The Hall–Kier alpha value is -0.970. The van der Waals surface area contributed by atoms with Gasteiger partial charge in [-0.25, -0.2) is 0 Å². The Morgan fingerprint density at radius 2 is 1.58 bits per heavy atom. The molecule has 3 rings (SSSR count). The highest BCUT2D eigenvalue weighted by Crippen LogP contribution is 2.44. The lowest BCUT2D eigenvalue weighted by Gasteiger charge is -2.51. The van der Waals surface area contributed by atoms with E-state index in [-0.39, 0.29) is 37.3 Å². The Morgan fingerprint density at radius 3 is 2.14 bits per heavy atom. The molecule has 0 aromatic rings. The summed E-state index contributed by atoms with van der Waals surface area (Å²) in [5.74, 6) is -2.89. The van der Waals surface area contributed by atoms with E-state index in [0.29, 0.717) is 13.0 Å². The third-order valence-electron chi connectivity index (χ3n) is 12.1. The summed E-state index contributed by atoms with van der Waals surface area (Å²) in [5.41, 5.74) is -4.29. The Kier molecular flexibility index (Phi) is 14.8. The van der Waals surface area contributed by atoms with Gasteiger partial charge in [0.25, 0.3) is 0 Å². The summed E-state index contributed by atoms with van der Waals surface area (Å²) in [4.78, 5) is 16.2. The molecule has 0 amide bonds. The van der Waals surface area contributed by atoms with Crippen LogP contribution in [0.5, 0.6) is 0 Å². The van der Waals surface area contributed by atoms with E-state index in [4.69, 9.17) is 23.7 Å². The first kappa shape index (κ1) is 43.4. The molecule has 3 heterocycles. The van der Waals surface area contributed by atoms with Crippen molar-refractivity contribution in [3.8, 4) is 0 Å². The Labute approximate surface area is 300 Å². The molecule has 0 bridgehead atoms. The van der Waals surface area contributed by atoms with Gasteiger partial charge in [-0.1, -0.05) is 27.7 Å². The molecule has 294 valence electrons. The third-order valence-corrected chi connectivity index (χ3v) is 12.1. The van der Waals surface area contributed by atoms with Gasteiger partial charge in [0.2, 0.25) is 0 Å². The normalized spacial score (nSPS) is 50.7. The molecule has 3 saturated heterocycles. The number of aliphatic hydroxyl groups excluding tert-OH is 3. The van der Waals surface area contributed by atoms with Crippen molar-refractivity contribution in [3.05, 3.63) is 0 Å². The SMILES string of the molecule is CC[C@H]1OC(=O)[C@H](C)C([C@H]2C[C@@](C)(OC)[C@@H](O)[C@H](C)O2)[C@H](C)[C@@H](O[C@@H]2O[C@H](C)C[C@H](N(C)C)[C@H]2O)[C@](C)(O)C[C@@H](C)CN[C@H](C)[C@@H](O)[C@]1(C)O. The average molecular weight is 719 g/mol. The van der Waals surface area contributed by atoms with Crippen LogP contribution < -0.4 is 5.32 Å². The standard InChI is InChI=1S/C37H70N2O11/c1-14-27-37(10,45)30(41)23(6)38-18-19(2)16-35(8,44)32(50-34-29(40)25(39(11)12)15-20(3)47-34)21(4)28(22(5)33(43)49-27)26-17-36(9,46-13)31(42)24(7)48-26/h19-32,34,38,40-42,44-45H,14-18H2,1-13H3/t19-,20-,21+,22-,23-,24+,25+,26-,27-,28?,29-,30-,31+,32-,34+,35-,36-,37-/m1/s1. The first-order valence-corrected chi connectivity index (χ1v) is 18.6. The number of nitrogens with one attached hydrogen (secondary N) is 1. The van der Waals surface area contributed by atoms with Crippen LogP contribution in [0.15, 0.2) is 0 Å². The molecule has 6 N–H and O–H groups in total. The molecule has 3 aliphatic heterocycles. The lowest BCUT2D eigenvalue weighted by atomic mass is 9.68. The Balaban J connectivity index is 2.20. The number of carbonyl (C=O) groups excluding carboxylic acids is 1. The molecule has 0 spiro atoms. The van der Waals surface area contributed by atoms with Crippen molar-refractivity contribution in [2.45, 2.75) is 179 Å². The summed E-state index contributed by atoms with van der Waals surface area (Å²) in [6, 6.07) is -0.825. The van der Waals surface area contributed by atoms with Crippen LogP contribution in [0.1, 0.15) is 94.9 Å². The smallest absolute Gasteiger partial charge is 0.309 e. The number of esters is 1. The molecule has 0 aliphatic carbocycles. The molecule has 3 aliphatic rings. The highest BCUT2D eigenvalue weighted by atomic mass is 16.7. The zero-order valence-electron chi connectivity index (χ0n) is 32.8. The highest BCUT2D eigenvalue weighted by Gasteiger charge is 2.54. The van der Waals surface area contributed by atoms with Crippen LogP contribution in [0.4, 0.5) is 0 Å². The number of carbonyl (C=O) groups is 1. The number of cyclic esters (lactones) is 1. The molecule has 0 radical (unpaired) electrons. The third kappa shape index (κ3) is 9.39. The van der Waals surface area contributed by atoms with Crippen LogP contribution in [0.3, 0.4) is 0 Å². The number of aliphatic hydroxyl groups is 5. The Morgan fingerprint density at radius 1 is 0.960 bits per heavy atom. The zero-order valence-corrected chi connectivity index (χ0v) is 32.8. The van der Waals surface area contributed by atoms with E-state index in [1.807, 2.05) is 46.7 Å². The Bertz CT molecular complexity index is 1090. The maximum absolute atomic E-state index is 14.3. The van der Waals surface area contributed by atoms with Gasteiger partial charge >= 0.3 is 5.97 Å². The van der Waals surface area contributed by atoms with Crippen molar-refractivity contribution in [1.29, 1.82) is 0 Å². The fourth-order valence-corrected chi connectivity index (χ4v) is 8.91. The van der Waals surface area contributed by atoms with E-state index in [0.717, 1.165) is 0 Å². The van der Waals surface area contributed by atoms with Crippen LogP contribution in [0, 0.1) is 23.7 Å². The van der Waals surface area contributed by atoms with Crippen LogP contribution in [-0.2, 0) is 28.5 Å². The second-order valence-corrected chi connectivity index (χ2v) is 16.8. The second-order valence-electron chi connectivity index (χ2n) is 16.8. The lowest BCUT2D eigenvalue weighted by molar-refractivity contribution is -0.302. The minimum Gasteiger partial charge on any atom is -0.459 e. The molecule has 18 atom stereocenters. The maximum atomic E-state index is 14.3. The maximum Gasteiger partial charge on any atom is 0.309 e. The van der Waals surface area contributed by atoms with Gasteiger partial charge in [-0.05, 0) is 93.3 Å². The summed E-state index contributed by atoms with van der Waals surface area (Å²) in [5, 5.41) is 61.3. The molecule has 0 aromatic carbocycles. The predicted octanol–water partition coefficient (Wildman–Crippen LogP) is 1.83. The van der Waals surface area contributed by atoms with Gasteiger partial charge in [0.1, 0.15) is 30.0 Å². The quantitative estimate of drug-likeness (QED) is 0.219. The van der Waals surface area contributed by atoms with Gasteiger partial charge in [-0.3, -0.25) is 4.79 Å². The highest BCUT2D eigenvalue weighted by molar-refractivity contribution is 5.73. The number of nitrogens with zero attached hydrogens (tertiary/aromatic N) is 1. The van der Waals surface area contributed by atoms with E-state index in [1.54, 1.807) is 34.6 Å². The van der Waals surface area contributed by atoms with Gasteiger partial charge in [0.05, 0.1) is 41.5 Å². The molecule has 0 saturated carbocycles. The van der Waals surface area contributed by atoms with E-state index < -0.39 is 95.6 Å². The molecular formula is C37H70N2O11. The number of likely N-dealkylation sites (N-methyl/N-ethyl adjacent to an activating group) is 1. The summed E-state index contributed by atoms with van der Waals surface area (Å²) >= 11 is 0. The topological polar surface area (TPSA) is 180 Å². The average Bonchev–Trinajstić information content (AvgIpc) is 3.03. The summed E-state index contributed by atoms with van der Waals surface area (Å²) in [7, 11) is 5.32. The predicted molar refractivity (Wildman–Crippen MR) is 188 cm³/mol. The molecular weight excluding hydrogens is 648 g/mol. The largest absolute Gasteiger partial charge is 0.459 e. The van der Waals surface area contributed by atoms with Crippen molar-refractivity contribution in [1.82, 2.24) is 10.2 Å². The van der Waals surface area contributed by atoms with Crippen molar-refractivity contribution in [2.75, 3.05) is 27.7 Å². The van der Waals surface area contributed by atoms with Gasteiger partial charge < -0.3 is 59.4 Å². The first-order chi connectivity index (χ1) is 23.0. The van der Waals surface area contributed by atoms with Crippen molar-refractivity contribution in [3.63, 3.8) is 0 Å². The summed E-state index contributed by atoms with van der Waals surface area (Å²) in [6.45, 7) is 18.2. The fourth-order valence-electron chi connectivity index (χ4n) is 8.91. The van der Waals surface area contributed by atoms with Gasteiger partial charge in [-0.2, -0.15) is 0 Å². The summed E-state index contributed by atoms with van der Waals surface area (Å²) in [6.07, 6.45) is -6.54. The number of ether oxygens (including phenoxy) is 5. The fraction of sp³-hybridized carbons (Fsp3) is 0.973. The minimum atomic E-state index is -1.78. The number of methoxy groups -OCH3 is 1. The van der Waals surface area contributed by atoms with Gasteiger partial charge in [0, 0.05) is 31.5 Å². The van der Waals surface area contributed by atoms with Crippen LogP contribution >= 0.6 is 0 Å². The second kappa shape index (κ2) is 17.0. The molecule has 13 nitrogen and oxygen atoms in total. The molecule has 50 heavy (non-hydrogen) atoms. The van der Waals surface area contributed by atoms with Crippen LogP contribution in [-0.4, -0.2) is 148 Å². The zero-order chi connectivity index (χ0) is 38.1. The van der Waals surface area contributed by atoms with Crippen LogP contribution in [0.25, 0.3) is 0 Å². The molecule has 3 fully saturated rings. The number of hydrogen-bond acceptors (Lipinski definition) is 13. The van der Waals surface area contributed by atoms with E-state index >= 15 is 0 Å². The van der Waals surface area contributed by atoms with Crippen LogP contribution in [0.2, 0.25) is 0 Å². The molecule has 1 unspecified atom stereocenters. The van der Waals surface area contributed by atoms with E-state index in [2.05, 4.69) is 5.32 Å². The van der Waals surface area contributed by atoms with Crippen molar-refractivity contribution < 1.29 is 54.0 Å². The number of rotatable bonds is 6. The van der Waals surface area contributed by atoms with E-state index in [9.17, 15) is 30.3 Å². The number of hydrogen-bond donors (Lipinski definition) is 6. The first-order valence-electron chi connectivity index (χ1n) is 18.6. The minimum absolute atomic E-state index is 0.132.